The highest BCUT2D eigenvalue weighted by atomic mass is 16.6. The van der Waals surface area contributed by atoms with E-state index in [9.17, 15) is 9.59 Å². The van der Waals surface area contributed by atoms with Gasteiger partial charge >= 0.3 is 6.09 Å². The van der Waals surface area contributed by atoms with Crippen LogP contribution in [0, 0.1) is 0 Å². The monoisotopic (exact) mass is 397 g/mol. The van der Waals surface area contributed by atoms with Crippen molar-refractivity contribution in [3.05, 3.63) is 47.9 Å². The van der Waals surface area contributed by atoms with Crippen LogP contribution in [-0.4, -0.2) is 52.6 Å². The Hall–Kier alpha value is -3.16. The van der Waals surface area contributed by atoms with Crippen LogP contribution in [0.15, 0.2) is 36.7 Å². The molecule has 0 spiro atoms. The summed E-state index contributed by atoms with van der Waals surface area (Å²) >= 11 is 0. The molecule has 1 aromatic heterocycles. The summed E-state index contributed by atoms with van der Waals surface area (Å²) in [5.41, 5.74) is 2.45. The van der Waals surface area contributed by atoms with E-state index in [0.29, 0.717) is 38.4 Å². The minimum atomic E-state index is -0.296. The number of anilines is 2. The number of hydrogen-bond acceptors (Lipinski definition) is 6. The number of hydrogen-bond donors (Lipinski definition) is 2. The molecule has 0 atom stereocenters. The molecule has 2 aromatic rings. The predicted molar refractivity (Wildman–Crippen MR) is 110 cm³/mol. The molecule has 0 saturated carbocycles. The van der Waals surface area contributed by atoms with Crippen LogP contribution in [0.25, 0.3) is 0 Å². The zero-order chi connectivity index (χ0) is 20.6. The molecule has 1 fully saturated rings. The van der Waals surface area contributed by atoms with E-state index in [1.807, 2.05) is 12.1 Å². The van der Waals surface area contributed by atoms with Crippen molar-refractivity contribution in [3.63, 3.8) is 0 Å². The maximum Gasteiger partial charge on any atom is 0.409 e. The van der Waals surface area contributed by atoms with Crippen molar-refractivity contribution >= 4 is 23.5 Å². The normalized spacial score (nSPS) is 14.3. The minimum absolute atomic E-state index is 0.00450. The zero-order valence-corrected chi connectivity index (χ0v) is 16.9. The number of nitrogens with zero attached hydrogens (tertiary/aromatic N) is 3. The van der Waals surface area contributed by atoms with Gasteiger partial charge in [0.2, 0.25) is 0 Å². The van der Waals surface area contributed by atoms with E-state index in [0.717, 1.165) is 12.1 Å². The minimum Gasteiger partial charge on any atom is -0.450 e. The molecule has 154 valence electrons. The van der Waals surface area contributed by atoms with E-state index in [2.05, 4.69) is 39.7 Å². The van der Waals surface area contributed by atoms with Crippen molar-refractivity contribution in [2.24, 2.45) is 0 Å². The van der Waals surface area contributed by atoms with Gasteiger partial charge in [-0.3, -0.25) is 4.79 Å². The Morgan fingerprint density at radius 3 is 2.41 bits per heavy atom. The average Bonchev–Trinajstić information content (AvgIpc) is 2.75. The molecule has 2 N–H and O–H groups in total. The fourth-order valence-corrected chi connectivity index (χ4v) is 3.16. The molecule has 1 aliphatic rings. The fourth-order valence-electron chi connectivity index (χ4n) is 3.16. The van der Waals surface area contributed by atoms with Crippen molar-refractivity contribution < 1.29 is 14.3 Å². The lowest BCUT2D eigenvalue weighted by molar-refractivity contribution is 0.0856. The van der Waals surface area contributed by atoms with Crippen LogP contribution in [-0.2, 0) is 11.2 Å². The maximum absolute atomic E-state index is 12.4. The molecule has 1 aliphatic heterocycles. The summed E-state index contributed by atoms with van der Waals surface area (Å²) in [6.45, 7) is 5.39. The Balaban J connectivity index is 1.49. The molecule has 0 aliphatic carbocycles. The van der Waals surface area contributed by atoms with Crippen LogP contribution >= 0.6 is 0 Å². The first-order valence-electron chi connectivity index (χ1n) is 9.99. The Morgan fingerprint density at radius 1 is 1.10 bits per heavy atom. The number of piperidine rings is 1. The van der Waals surface area contributed by atoms with E-state index in [1.54, 1.807) is 18.0 Å². The summed E-state index contributed by atoms with van der Waals surface area (Å²) in [4.78, 5) is 34.3. The van der Waals surface area contributed by atoms with Crippen molar-refractivity contribution in [2.45, 2.75) is 39.2 Å². The van der Waals surface area contributed by atoms with Gasteiger partial charge in [0.1, 0.15) is 11.5 Å². The number of carbonyl (C=O) groups excluding carboxylic acids is 2. The lowest BCUT2D eigenvalue weighted by atomic mass is 10.1. The van der Waals surface area contributed by atoms with E-state index in [-0.39, 0.29) is 23.7 Å². The summed E-state index contributed by atoms with van der Waals surface area (Å²) in [6, 6.07) is 8.10. The second-order valence-electron chi connectivity index (χ2n) is 6.90. The van der Waals surface area contributed by atoms with Crippen LogP contribution in [0.1, 0.15) is 42.7 Å². The van der Waals surface area contributed by atoms with Crippen molar-refractivity contribution in [2.75, 3.05) is 25.0 Å². The first kappa shape index (κ1) is 20.6. The largest absolute Gasteiger partial charge is 0.450 e. The number of aryl methyl sites for hydroxylation is 1. The molecule has 1 aromatic carbocycles. The molecule has 8 nitrogen and oxygen atoms in total. The summed E-state index contributed by atoms with van der Waals surface area (Å²) in [6.07, 6.45) is 5.08. The van der Waals surface area contributed by atoms with Gasteiger partial charge in [-0.1, -0.05) is 19.1 Å². The first-order valence-corrected chi connectivity index (χ1v) is 9.99. The molecule has 29 heavy (non-hydrogen) atoms. The van der Waals surface area contributed by atoms with Gasteiger partial charge in [-0.15, -0.1) is 0 Å². The summed E-state index contributed by atoms with van der Waals surface area (Å²) < 4.78 is 5.01. The molecule has 1 saturated heterocycles. The Kier molecular flexibility index (Phi) is 6.99. The molecule has 2 amide bonds. The smallest absolute Gasteiger partial charge is 0.409 e. The SMILES string of the molecule is CCOC(=O)N1CCC(NC(=O)c2cnc(Nc3ccc(CC)cc3)cn2)CC1. The van der Waals surface area contributed by atoms with E-state index in [1.165, 1.54) is 11.8 Å². The lowest BCUT2D eigenvalue weighted by Crippen LogP contribution is -2.46. The van der Waals surface area contributed by atoms with Crippen molar-refractivity contribution in [3.8, 4) is 0 Å². The number of rotatable bonds is 6. The summed E-state index contributed by atoms with van der Waals surface area (Å²) in [5.74, 6) is 0.319. The summed E-state index contributed by atoms with van der Waals surface area (Å²) in [7, 11) is 0. The molecule has 8 heteroatoms. The summed E-state index contributed by atoms with van der Waals surface area (Å²) in [5, 5.41) is 6.14. The molecule has 0 bridgehead atoms. The zero-order valence-electron chi connectivity index (χ0n) is 16.9. The van der Waals surface area contributed by atoms with Gasteiger partial charge < -0.3 is 20.3 Å². The molecular weight excluding hydrogens is 370 g/mol. The standard InChI is InChI=1S/C21H27N5O3/c1-3-15-5-7-16(8-6-15)24-19-14-22-18(13-23-19)20(27)25-17-9-11-26(12-10-17)21(28)29-4-2/h5-8,13-14,17H,3-4,9-12H2,1-2H3,(H,23,24)(H,25,27). The van der Waals surface area contributed by atoms with Gasteiger partial charge in [-0.05, 0) is 43.9 Å². The number of nitrogens with one attached hydrogen (secondary N) is 2. The van der Waals surface area contributed by atoms with Gasteiger partial charge in [0.25, 0.3) is 5.91 Å². The highest BCUT2D eigenvalue weighted by molar-refractivity contribution is 5.92. The molecule has 0 radical (unpaired) electrons. The second-order valence-corrected chi connectivity index (χ2v) is 6.90. The van der Waals surface area contributed by atoms with Crippen LogP contribution in [0.4, 0.5) is 16.3 Å². The Bertz CT molecular complexity index is 815. The molecular formula is C21H27N5O3. The third-order valence-corrected chi connectivity index (χ3v) is 4.88. The van der Waals surface area contributed by atoms with Gasteiger partial charge in [0.15, 0.2) is 0 Å². The van der Waals surface area contributed by atoms with E-state index >= 15 is 0 Å². The van der Waals surface area contributed by atoms with Gasteiger partial charge in [0.05, 0.1) is 19.0 Å². The van der Waals surface area contributed by atoms with Gasteiger partial charge in [-0.25, -0.2) is 14.8 Å². The quantitative estimate of drug-likeness (QED) is 0.777. The van der Waals surface area contributed by atoms with Gasteiger partial charge in [-0.2, -0.15) is 0 Å². The number of ether oxygens (including phenoxy) is 1. The predicted octanol–water partition coefficient (Wildman–Crippen LogP) is 3.13. The van der Waals surface area contributed by atoms with Crippen molar-refractivity contribution in [1.82, 2.24) is 20.2 Å². The van der Waals surface area contributed by atoms with Gasteiger partial charge in [0, 0.05) is 24.8 Å². The highest BCUT2D eigenvalue weighted by Crippen LogP contribution is 2.15. The lowest BCUT2D eigenvalue weighted by Gasteiger charge is -2.31. The topological polar surface area (TPSA) is 96.5 Å². The van der Waals surface area contributed by atoms with Crippen LogP contribution in [0.2, 0.25) is 0 Å². The van der Waals surface area contributed by atoms with Crippen LogP contribution in [0.5, 0.6) is 0 Å². The Morgan fingerprint density at radius 2 is 1.83 bits per heavy atom. The molecule has 3 rings (SSSR count). The maximum atomic E-state index is 12.4. The van der Waals surface area contributed by atoms with E-state index in [4.69, 9.17) is 4.74 Å². The van der Waals surface area contributed by atoms with Crippen LogP contribution < -0.4 is 10.6 Å². The number of aromatic nitrogens is 2. The van der Waals surface area contributed by atoms with Crippen molar-refractivity contribution in [1.29, 1.82) is 0 Å². The first-order chi connectivity index (χ1) is 14.1. The fraction of sp³-hybridized carbons (Fsp3) is 0.429. The number of amides is 2. The second kappa shape index (κ2) is 9.86. The highest BCUT2D eigenvalue weighted by Gasteiger charge is 2.25. The number of likely N-dealkylation sites (tertiary alicyclic amines) is 1. The average molecular weight is 397 g/mol. The molecule has 2 heterocycles. The number of benzene rings is 1. The number of carbonyl (C=O) groups is 2. The third-order valence-electron chi connectivity index (χ3n) is 4.88. The van der Waals surface area contributed by atoms with E-state index < -0.39 is 0 Å². The Labute approximate surface area is 170 Å². The third kappa shape index (κ3) is 5.66. The van der Waals surface area contributed by atoms with Crippen LogP contribution in [0.3, 0.4) is 0 Å². The molecule has 0 unspecified atom stereocenters.